The van der Waals surface area contributed by atoms with Crippen molar-refractivity contribution < 1.29 is 0 Å². The molecule has 0 bridgehead atoms. The van der Waals surface area contributed by atoms with Crippen molar-refractivity contribution in [3.63, 3.8) is 0 Å². The van der Waals surface area contributed by atoms with Gasteiger partial charge < -0.3 is 0 Å². The van der Waals surface area contributed by atoms with Crippen molar-refractivity contribution in [2.24, 2.45) is 0 Å². The van der Waals surface area contributed by atoms with Crippen LogP contribution in [0, 0.1) is 0 Å². The third kappa shape index (κ3) is 1.10. The Hall–Kier alpha value is -0.340. The summed E-state index contributed by atoms with van der Waals surface area (Å²) in [6.07, 6.45) is 1.19. The Morgan fingerprint density at radius 2 is 2.36 bits per heavy atom. The Morgan fingerprint density at radius 3 is 3.09 bits per heavy atom. The zero-order chi connectivity index (χ0) is 7.84. The maximum atomic E-state index is 2.38. The fourth-order valence-corrected chi connectivity index (χ4v) is 2.88. The van der Waals surface area contributed by atoms with E-state index < -0.39 is 0 Å². The minimum absolute atomic E-state index is 1.17. The molecule has 2 rings (SSSR count). The highest BCUT2D eigenvalue weighted by Gasteiger charge is 2.19. The minimum atomic E-state index is 1.17. The van der Waals surface area contributed by atoms with Gasteiger partial charge in [0.05, 0.1) is 0 Å². The summed E-state index contributed by atoms with van der Waals surface area (Å²) in [5, 5.41) is 2.32. The molecule has 0 radical (unpaired) electrons. The topological polar surface area (TPSA) is 3.24 Å². The first-order valence-corrected chi connectivity index (χ1v) is 4.96. The normalized spacial score (nSPS) is 17.3. The molecule has 0 N–H and O–H groups in total. The summed E-state index contributed by atoms with van der Waals surface area (Å²) < 4.78 is 0. The van der Waals surface area contributed by atoms with Crippen LogP contribution in [-0.4, -0.2) is 11.9 Å². The number of thiophene rings is 1. The van der Waals surface area contributed by atoms with E-state index in [1.54, 1.807) is 16.0 Å². The van der Waals surface area contributed by atoms with E-state index in [-0.39, 0.29) is 0 Å². The van der Waals surface area contributed by atoms with Crippen LogP contribution in [0.2, 0.25) is 0 Å². The molecule has 1 nitrogen and oxygen atoms in total. The van der Waals surface area contributed by atoms with E-state index in [1.165, 1.54) is 19.5 Å². The highest BCUT2D eigenvalue weighted by atomic mass is 32.1. The number of nitrogens with zero attached hydrogens (tertiary/aromatic N) is 1. The molecule has 60 valence electrons. The van der Waals surface area contributed by atoms with Gasteiger partial charge in [0.2, 0.25) is 0 Å². The Labute approximate surface area is 71.7 Å². The summed E-state index contributed by atoms with van der Waals surface area (Å²) >= 11 is 1.93. The molecule has 11 heavy (non-hydrogen) atoms. The lowest BCUT2D eigenvalue weighted by Crippen LogP contribution is -2.08. The average molecular weight is 167 g/mol. The monoisotopic (exact) mass is 167 g/mol. The van der Waals surface area contributed by atoms with Crippen LogP contribution >= 0.6 is 11.3 Å². The Bertz CT molecular complexity index is 265. The van der Waals surface area contributed by atoms with Gasteiger partial charge in [-0.25, -0.2) is 0 Å². The molecule has 0 aromatic carbocycles. The minimum Gasteiger partial charge on any atom is -0.297 e. The van der Waals surface area contributed by atoms with Crippen molar-refractivity contribution in [3.05, 3.63) is 21.4 Å². The second-order valence-electron chi connectivity index (χ2n) is 3.19. The molecule has 1 aliphatic heterocycles. The van der Waals surface area contributed by atoms with Gasteiger partial charge in [-0.2, -0.15) is 0 Å². The summed E-state index contributed by atoms with van der Waals surface area (Å²) in [6.45, 7) is 4.57. The van der Waals surface area contributed by atoms with Crippen LogP contribution in [-0.2, 0) is 19.5 Å². The number of hydrogen-bond acceptors (Lipinski definition) is 2. The molecule has 2 heterocycles. The van der Waals surface area contributed by atoms with Gasteiger partial charge in [0.1, 0.15) is 0 Å². The van der Waals surface area contributed by atoms with Crippen LogP contribution in [0.15, 0.2) is 5.38 Å². The third-order valence-corrected chi connectivity index (χ3v) is 3.35. The molecular formula is C9H13NS. The zero-order valence-corrected chi connectivity index (χ0v) is 7.87. The molecule has 1 aromatic heterocycles. The molecule has 1 aromatic rings. The van der Waals surface area contributed by atoms with Gasteiger partial charge in [0.25, 0.3) is 0 Å². The van der Waals surface area contributed by atoms with Crippen LogP contribution in [0.25, 0.3) is 0 Å². The standard InChI is InChI=1S/C9H13NS/c1-3-7-6-11-9-5-10(2)4-8(7)9/h6H,3-5H2,1-2H3. The van der Waals surface area contributed by atoms with Crippen molar-refractivity contribution >= 4 is 11.3 Å². The molecule has 0 aliphatic carbocycles. The van der Waals surface area contributed by atoms with E-state index in [0.717, 1.165) is 0 Å². The van der Waals surface area contributed by atoms with E-state index in [0.29, 0.717) is 0 Å². The molecule has 0 amide bonds. The SMILES string of the molecule is CCc1csc2c1CN(C)C2. The van der Waals surface area contributed by atoms with Crippen molar-refractivity contribution in [2.75, 3.05) is 7.05 Å². The molecule has 2 heteroatoms. The molecule has 0 spiro atoms. The third-order valence-electron chi connectivity index (χ3n) is 2.29. The van der Waals surface area contributed by atoms with Gasteiger partial charge in [0, 0.05) is 18.0 Å². The highest BCUT2D eigenvalue weighted by molar-refractivity contribution is 7.10. The summed E-state index contributed by atoms with van der Waals surface area (Å²) in [4.78, 5) is 3.96. The van der Waals surface area contributed by atoms with Crippen LogP contribution in [0.3, 0.4) is 0 Å². The fourth-order valence-electron chi connectivity index (χ4n) is 1.65. The quantitative estimate of drug-likeness (QED) is 0.620. The Kier molecular flexibility index (Phi) is 1.74. The highest BCUT2D eigenvalue weighted by Crippen LogP contribution is 2.30. The summed E-state index contributed by atoms with van der Waals surface area (Å²) in [5.74, 6) is 0. The predicted octanol–water partition coefficient (Wildman–Crippen LogP) is 2.26. The van der Waals surface area contributed by atoms with Gasteiger partial charge in [-0.05, 0) is 30.0 Å². The number of aryl methyl sites for hydroxylation is 1. The van der Waals surface area contributed by atoms with Gasteiger partial charge in [-0.15, -0.1) is 11.3 Å². The van der Waals surface area contributed by atoms with E-state index in [1.807, 2.05) is 11.3 Å². The lowest BCUT2D eigenvalue weighted by atomic mass is 10.1. The maximum absolute atomic E-state index is 2.38. The van der Waals surface area contributed by atoms with Crippen LogP contribution in [0.1, 0.15) is 22.9 Å². The molecule has 0 saturated heterocycles. The Morgan fingerprint density at radius 1 is 1.55 bits per heavy atom. The average Bonchev–Trinajstić information content (AvgIpc) is 2.45. The van der Waals surface area contributed by atoms with E-state index in [9.17, 15) is 0 Å². The van der Waals surface area contributed by atoms with Gasteiger partial charge in [-0.1, -0.05) is 6.92 Å². The second-order valence-corrected chi connectivity index (χ2v) is 4.15. The summed E-state index contributed by atoms with van der Waals surface area (Å²) in [6, 6.07) is 0. The predicted molar refractivity (Wildman–Crippen MR) is 48.9 cm³/mol. The lowest BCUT2D eigenvalue weighted by Gasteiger charge is -2.04. The van der Waals surface area contributed by atoms with Crippen molar-refractivity contribution in [1.82, 2.24) is 4.90 Å². The molecule has 0 saturated carbocycles. The first-order chi connectivity index (χ1) is 5.31. The van der Waals surface area contributed by atoms with E-state index in [2.05, 4.69) is 24.3 Å². The number of fused-ring (bicyclic) bond motifs is 1. The van der Waals surface area contributed by atoms with Crippen LogP contribution in [0.4, 0.5) is 0 Å². The van der Waals surface area contributed by atoms with Gasteiger partial charge in [-0.3, -0.25) is 4.90 Å². The van der Waals surface area contributed by atoms with Gasteiger partial charge in [0.15, 0.2) is 0 Å². The first kappa shape index (κ1) is 7.32. The van der Waals surface area contributed by atoms with Crippen molar-refractivity contribution in [2.45, 2.75) is 26.4 Å². The molecular weight excluding hydrogens is 154 g/mol. The van der Waals surface area contributed by atoms with Crippen molar-refractivity contribution in [3.8, 4) is 0 Å². The molecule has 0 unspecified atom stereocenters. The maximum Gasteiger partial charge on any atom is 0.0331 e. The number of rotatable bonds is 1. The Balaban J connectivity index is 2.37. The van der Waals surface area contributed by atoms with Gasteiger partial charge >= 0.3 is 0 Å². The summed E-state index contributed by atoms with van der Waals surface area (Å²) in [7, 11) is 2.19. The number of hydrogen-bond donors (Lipinski definition) is 0. The largest absolute Gasteiger partial charge is 0.297 e. The second kappa shape index (κ2) is 2.61. The zero-order valence-electron chi connectivity index (χ0n) is 7.05. The molecule has 0 atom stereocenters. The molecule has 1 aliphatic rings. The fraction of sp³-hybridized carbons (Fsp3) is 0.556. The first-order valence-electron chi connectivity index (χ1n) is 4.08. The van der Waals surface area contributed by atoms with Crippen LogP contribution in [0.5, 0.6) is 0 Å². The van der Waals surface area contributed by atoms with E-state index in [4.69, 9.17) is 0 Å². The van der Waals surface area contributed by atoms with Crippen LogP contribution < -0.4 is 0 Å². The van der Waals surface area contributed by atoms with Crippen molar-refractivity contribution in [1.29, 1.82) is 0 Å². The molecule has 0 fully saturated rings. The summed E-state index contributed by atoms with van der Waals surface area (Å²) in [5.41, 5.74) is 3.18. The lowest BCUT2D eigenvalue weighted by molar-refractivity contribution is 0.353. The smallest absolute Gasteiger partial charge is 0.0331 e. The van der Waals surface area contributed by atoms with E-state index >= 15 is 0 Å².